The quantitative estimate of drug-likeness (QED) is 0.646. The number of nitrogens with one attached hydrogen (secondary N) is 2. The molecule has 0 saturated carbocycles. The van der Waals surface area contributed by atoms with Crippen molar-refractivity contribution in [2.24, 2.45) is 0 Å². The fraction of sp³-hybridized carbons (Fsp3) is 0.938. The SMILES string of the molecule is CCCCN(CC(=O)NC(C)CCC)CC1CCCN1. The molecule has 118 valence electrons. The fourth-order valence-corrected chi connectivity index (χ4v) is 2.87. The summed E-state index contributed by atoms with van der Waals surface area (Å²) in [6.45, 7) is 10.2. The molecule has 0 spiro atoms. The number of carbonyl (C=O) groups is 1. The minimum Gasteiger partial charge on any atom is -0.353 e. The highest BCUT2D eigenvalue weighted by molar-refractivity contribution is 5.78. The Kier molecular flexibility index (Phi) is 8.86. The van der Waals surface area contributed by atoms with Gasteiger partial charge in [0.25, 0.3) is 0 Å². The Morgan fingerprint density at radius 3 is 2.80 bits per heavy atom. The molecule has 1 aliphatic rings. The molecule has 0 aromatic rings. The largest absolute Gasteiger partial charge is 0.353 e. The van der Waals surface area contributed by atoms with Crippen LogP contribution in [0, 0.1) is 0 Å². The predicted octanol–water partition coefficient (Wildman–Crippen LogP) is 2.15. The summed E-state index contributed by atoms with van der Waals surface area (Å²) in [5.41, 5.74) is 0. The lowest BCUT2D eigenvalue weighted by molar-refractivity contribution is -0.123. The zero-order valence-corrected chi connectivity index (χ0v) is 13.6. The Bertz CT molecular complexity index is 264. The second kappa shape index (κ2) is 10.2. The average Bonchev–Trinajstić information content (AvgIpc) is 2.88. The van der Waals surface area contributed by atoms with Crippen LogP contribution in [0.4, 0.5) is 0 Å². The Balaban J connectivity index is 2.35. The molecule has 0 bridgehead atoms. The van der Waals surface area contributed by atoms with Crippen molar-refractivity contribution in [3.05, 3.63) is 0 Å². The maximum absolute atomic E-state index is 12.1. The number of hydrogen-bond donors (Lipinski definition) is 2. The number of unbranched alkanes of at least 4 members (excludes halogenated alkanes) is 1. The molecule has 0 aliphatic carbocycles. The Morgan fingerprint density at radius 1 is 1.40 bits per heavy atom. The molecule has 4 heteroatoms. The van der Waals surface area contributed by atoms with Crippen molar-refractivity contribution < 1.29 is 4.79 Å². The van der Waals surface area contributed by atoms with E-state index in [2.05, 4.69) is 36.3 Å². The van der Waals surface area contributed by atoms with Gasteiger partial charge in [0.05, 0.1) is 6.54 Å². The topological polar surface area (TPSA) is 44.4 Å². The van der Waals surface area contributed by atoms with E-state index < -0.39 is 0 Å². The molecule has 0 aromatic carbocycles. The Labute approximate surface area is 124 Å². The normalized spacial score (nSPS) is 20.3. The first-order valence-electron chi connectivity index (χ1n) is 8.40. The van der Waals surface area contributed by atoms with Gasteiger partial charge in [-0.2, -0.15) is 0 Å². The molecule has 1 amide bonds. The second-order valence-electron chi connectivity index (χ2n) is 6.14. The lowest BCUT2D eigenvalue weighted by Gasteiger charge is -2.25. The molecule has 1 rings (SSSR count). The summed E-state index contributed by atoms with van der Waals surface area (Å²) in [5.74, 6) is 0.181. The van der Waals surface area contributed by atoms with Crippen LogP contribution in [0.3, 0.4) is 0 Å². The van der Waals surface area contributed by atoms with Gasteiger partial charge >= 0.3 is 0 Å². The minimum absolute atomic E-state index is 0.181. The molecule has 20 heavy (non-hydrogen) atoms. The van der Waals surface area contributed by atoms with Gasteiger partial charge in [0.2, 0.25) is 5.91 Å². The Hall–Kier alpha value is -0.610. The molecule has 0 radical (unpaired) electrons. The molecule has 2 N–H and O–H groups in total. The molecule has 1 heterocycles. The first-order chi connectivity index (χ1) is 9.65. The number of nitrogens with zero attached hydrogens (tertiary/aromatic N) is 1. The summed E-state index contributed by atoms with van der Waals surface area (Å²) in [6, 6.07) is 0.873. The van der Waals surface area contributed by atoms with Crippen LogP contribution in [-0.2, 0) is 4.79 Å². The van der Waals surface area contributed by atoms with Crippen LogP contribution in [0.25, 0.3) is 0 Å². The minimum atomic E-state index is 0.181. The highest BCUT2D eigenvalue weighted by Gasteiger charge is 2.19. The molecule has 1 aliphatic heterocycles. The lowest BCUT2D eigenvalue weighted by Crippen LogP contribution is -2.45. The van der Waals surface area contributed by atoms with Crippen molar-refractivity contribution in [2.45, 2.75) is 71.4 Å². The fourth-order valence-electron chi connectivity index (χ4n) is 2.87. The molecule has 2 atom stereocenters. The first kappa shape index (κ1) is 17.4. The lowest BCUT2D eigenvalue weighted by atomic mass is 10.2. The second-order valence-corrected chi connectivity index (χ2v) is 6.14. The van der Waals surface area contributed by atoms with Crippen molar-refractivity contribution >= 4 is 5.91 Å². The van der Waals surface area contributed by atoms with E-state index in [1.807, 2.05) is 0 Å². The van der Waals surface area contributed by atoms with Crippen LogP contribution in [0.2, 0.25) is 0 Å². The van der Waals surface area contributed by atoms with Crippen LogP contribution in [0.1, 0.15) is 59.3 Å². The third kappa shape index (κ3) is 7.25. The predicted molar refractivity (Wildman–Crippen MR) is 84.9 cm³/mol. The van der Waals surface area contributed by atoms with Gasteiger partial charge in [0.1, 0.15) is 0 Å². The number of hydrogen-bond acceptors (Lipinski definition) is 3. The van der Waals surface area contributed by atoms with E-state index in [-0.39, 0.29) is 5.91 Å². The van der Waals surface area contributed by atoms with Crippen molar-refractivity contribution in [3.8, 4) is 0 Å². The zero-order chi connectivity index (χ0) is 14.8. The van der Waals surface area contributed by atoms with E-state index in [1.54, 1.807) is 0 Å². The van der Waals surface area contributed by atoms with E-state index in [4.69, 9.17) is 0 Å². The van der Waals surface area contributed by atoms with Gasteiger partial charge in [0, 0.05) is 18.6 Å². The number of rotatable bonds is 10. The average molecular weight is 283 g/mol. The standard InChI is InChI=1S/C16H33N3O/c1-4-6-11-19(12-15-9-7-10-17-15)13-16(20)18-14(3)8-5-2/h14-15,17H,4-13H2,1-3H3,(H,18,20). The highest BCUT2D eigenvalue weighted by Crippen LogP contribution is 2.08. The smallest absolute Gasteiger partial charge is 0.234 e. The van der Waals surface area contributed by atoms with E-state index >= 15 is 0 Å². The van der Waals surface area contributed by atoms with Crippen LogP contribution in [-0.4, -0.2) is 49.1 Å². The molecule has 0 aromatic heterocycles. The van der Waals surface area contributed by atoms with Gasteiger partial charge in [0.15, 0.2) is 0 Å². The van der Waals surface area contributed by atoms with Gasteiger partial charge in [-0.25, -0.2) is 0 Å². The van der Waals surface area contributed by atoms with Gasteiger partial charge in [-0.1, -0.05) is 26.7 Å². The van der Waals surface area contributed by atoms with Crippen molar-refractivity contribution in [2.75, 3.05) is 26.2 Å². The van der Waals surface area contributed by atoms with E-state index in [9.17, 15) is 4.79 Å². The molecule has 4 nitrogen and oxygen atoms in total. The van der Waals surface area contributed by atoms with Crippen LogP contribution >= 0.6 is 0 Å². The Morgan fingerprint density at radius 2 is 2.20 bits per heavy atom. The number of amides is 1. The summed E-state index contributed by atoms with van der Waals surface area (Å²) in [5, 5.41) is 6.64. The van der Waals surface area contributed by atoms with Gasteiger partial charge in [-0.3, -0.25) is 9.69 Å². The first-order valence-corrected chi connectivity index (χ1v) is 8.40. The monoisotopic (exact) mass is 283 g/mol. The van der Waals surface area contributed by atoms with Crippen LogP contribution < -0.4 is 10.6 Å². The summed E-state index contributed by atoms with van der Waals surface area (Å²) >= 11 is 0. The maximum atomic E-state index is 12.1. The van der Waals surface area contributed by atoms with Crippen LogP contribution in [0.15, 0.2) is 0 Å². The maximum Gasteiger partial charge on any atom is 0.234 e. The van der Waals surface area contributed by atoms with Gasteiger partial charge in [-0.15, -0.1) is 0 Å². The molecule has 1 fully saturated rings. The van der Waals surface area contributed by atoms with E-state index in [0.717, 1.165) is 32.5 Å². The zero-order valence-electron chi connectivity index (χ0n) is 13.6. The summed E-state index contributed by atoms with van der Waals surface area (Å²) < 4.78 is 0. The summed E-state index contributed by atoms with van der Waals surface area (Å²) in [7, 11) is 0. The number of carbonyl (C=O) groups excluding carboxylic acids is 1. The van der Waals surface area contributed by atoms with Gasteiger partial charge < -0.3 is 10.6 Å². The third-order valence-electron chi connectivity index (χ3n) is 3.97. The third-order valence-corrected chi connectivity index (χ3v) is 3.97. The molecular weight excluding hydrogens is 250 g/mol. The van der Waals surface area contributed by atoms with Crippen molar-refractivity contribution in [1.82, 2.24) is 15.5 Å². The van der Waals surface area contributed by atoms with E-state index in [1.165, 1.54) is 25.7 Å². The van der Waals surface area contributed by atoms with Gasteiger partial charge in [-0.05, 0) is 45.7 Å². The van der Waals surface area contributed by atoms with Crippen LogP contribution in [0.5, 0.6) is 0 Å². The van der Waals surface area contributed by atoms with Crippen molar-refractivity contribution in [3.63, 3.8) is 0 Å². The molecular formula is C16H33N3O. The van der Waals surface area contributed by atoms with Crippen molar-refractivity contribution in [1.29, 1.82) is 0 Å². The molecule has 1 saturated heterocycles. The highest BCUT2D eigenvalue weighted by atomic mass is 16.2. The molecule has 2 unspecified atom stereocenters. The van der Waals surface area contributed by atoms with E-state index in [0.29, 0.717) is 18.6 Å². The summed E-state index contributed by atoms with van der Waals surface area (Å²) in [6.07, 6.45) is 7.05. The summed E-state index contributed by atoms with van der Waals surface area (Å²) in [4.78, 5) is 14.4.